The highest BCUT2D eigenvalue weighted by molar-refractivity contribution is 8.00. The zero-order valence-electron chi connectivity index (χ0n) is 18.7. The van der Waals surface area contributed by atoms with Crippen LogP contribution in [-0.4, -0.2) is 95.3 Å². The van der Waals surface area contributed by atoms with Gasteiger partial charge in [-0.1, -0.05) is 20.3 Å². The molecule has 6 atom stereocenters. The fraction of sp³-hybridized carbons (Fsp3) is 0.800. The van der Waals surface area contributed by atoms with Gasteiger partial charge in [0.1, 0.15) is 12.1 Å². The summed E-state index contributed by atoms with van der Waals surface area (Å²) >= 11 is 1.76. The van der Waals surface area contributed by atoms with Crippen LogP contribution in [0, 0.1) is 5.92 Å². The number of ketones is 1. The van der Waals surface area contributed by atoms with Crippen LogP contribution in [0.2, 0.25) is 0 Å². The van der Waals surface area contributed by atoms with Crippen LogP contribution in [0.1, 0.15) is 33.1 Å². The number of urea groups is 1. The second-order valence-electron chi connectivity index (χ2n) is 8.57. The maximum atomic E-state index is 13.0. The molecule has 0 bridgehead atoms. The van der Waals surface area contributed by atoms with E-state index in [9.17, 15) is 29.4 Å². The molecular formula is C20H35N5O6S. The number of Topliss-reactive ketones (excluding diaryl/α,β-unsaturated/α-hetero) is 1. The number of rotatable bonds is 14. The van der Waals surface area contributed by atoms with Gasteiger partial charge in [-0.2, -0.15) is 11.8 Å². The van der Waals surface area contributed by atoms with Gasteiger partial charge in [-0.25, -0.2) is 4.79 Å². The van der Waals surface area contributed by atoms with Crippen LogP contribution in [0.15, 0.2) is 0 Å². The minimum Gasteiger partial charge on any atom is -0.480 e. The highest BCUT2D eigenvalue weighted by Gasteiger charge is 2.42. The largest absolute Gasteiger partial charge is 0.480 e. The summed E-state index contributed by atoms with van der Waals surface area (Å²) in [6, 6.07) is -2.89. The first kappa shape index (κ1) is 26.4. The number of thioether (sulfide) groups is 1. The smallest absolute Gasteiger partial charge is 0.320 e. The van der Waals surface area contributed by atoms with Gasteiger partial charge < -0.3 is 31.5 Å². The van der Waals surface area contributed by atoms with E-state index in [1.807, 2.05) is 0 Å². The molecule has 2 rings (SSSR count). The van der Waals surface area contributed by atoms with Gasteiger partial charge in [0, 0.05) is 11.0 Å². The van der Waals surface area contributed by atoms with Gasteiger partial charge >= 0.3 is 12.0 Å². The molecule has 3 amide bonds. The average molecular weight is 474 g/mol. The highest BCUT2D eigenvalue weighted by atomic mass is 32.2. The lowest BCUT2D eigenvalue weighted by Crippen LogP contribution is -2.57. The van der Waals surface area contributed by atoms with Crippen LogP contribution in [0.4, 0.5) is 4.79 Å². The highest BCUT2D eigenvalue weighted by Crippen LogP contribution is 2.33. The summed E-state index contributed by atoms with van der Waals surface area (Å²) in [7, 11) is 1.59. The summed E-state index contributed by atoms with van der Waals surface area (Å²) in [6.45, 7) is 2.99. The monoisotopic (exact) mass is 473 g/mol. The summed E-state index contributed by atoms with van der Waals surface area (Å²) in [5, 5.41) is 33.4. The maximum absolute atomic E-state index is 13.0. The van der Waals surface area contributed by atoms with Gasteiger partial charge in [-0.3, -0.25) is 19.7 Å². The van der Waals surface area contributed by atoms with Gasteiger partial charge in [-0.05, 0) is 25.8 Å². The molecular weight excluding hydrogens is 438 g/mol. The van der Waals surface area contributed by atoms with Crippen LogP contribution in [-0.2, 0) is 14.4 Å². The molecule has 2 fully saturated rings. The molecule has 2 aliphatic rings. The molecule has 0 aromatic rings. The SMILES string of the molecule is CNCC(=O)N[C@@H](CO)C(=O)C(NC(CCC[C@@H]1SC[C@@H]2NC(=O)N[C@@H]21)C(=O)O)C(C)C. The van der Waals surface area contributed by atoms with E-state index in [4.69, 9.17) is 0 Å². The van der Waals surface area contributed by atoms with Crippen molar-refractivity contribution in [2.45, 2.75) is 68.6 Å². The van der Waals surface area contributed by atoms with Crippen molar-refractivity contribution in [2.75, 3.05) is 26.0 Å². The Morgan fingerprint density at radius 3 is 2.53 bits per heavy atom. The summed E-state index contributed by atoms with van der Waals surface area (Å²) in [5.74, 6) is -1.35. The third kappa shape index (κ3) is 7.06. The molecule has 32 heavy (non-hydrogen) atoms. The number of aliphatic hydroxyl groups excluding tert-OH is 1. The van der Waals surface area contributed by atoms with E-state index in [1.54, 1.807) is 32.7 Å². The number of hydrogen-bond donors (Lipinski definition) is 7. The maximum Gasteiger partial charge on any atom is 0.320 e. The summed E-state index contributed by atoms with van der Waals surface area (Å²) in [5.41, 5.74) is 0. The van der Waals surface area contributed by atoms with Crippen molar-refractivity contribution in [2.24, 2.45) is 5.92 Å². The van der Waals surface area contributed by atoms with Crippen LogP contribution in [0.25, 0.3) is 0 Å². The van der Waals surface area contributed by atoms with Gasteiger partial charge in [0.2, 0.25) is 5.91 Å². The molecule has 2 heterocycles. The normalized spacial score (nSPS) is 24.9. The molecule has 0 spiro atoms. The van der Waals surface area contributed by atoms with Crippen LogP contribution in [0.3, 0.4) is 0 Å². The van der Waals surface area contributed by atoms with Crippen LogP contribution < -0.4 is 26.6 Å². The van der Waals surface area contributed by atoms with E-state index in [-0.39, 0.29) is 35.8 Å². The molecule has 2 unspecified atom stereocenters. The Bertz CT molecular complexity index is 693. The molecule has 2 aliphatic heterocycles. The summed E-state index contributed by atoms with van der Waals surface area (Å²) in [4.78, 5) is 48.1. The van der Waals surface area contributed by atoms with E-state index in [0.29, 0.717) is 12.8 Å². The average Bonchev–Trinajstić information content (AvgIpc) is 3.27. The number of amides is 3. The van der Waals surface area contributed by atoms with E-state index < -0.39 is 42.4 Å². The molecule has 0 radical (unpaired) electrons. The first-order chi connectivity index (χ1) is 15.2. The Hall–Kier alpha value is -1.89. The van der Waals surface area contributed by atoms with Crippen molar-refractivity contribution in [1.82, 2.24) is 26.6 Å². The lowest BCUT2D eigenvalue weighted by Gasteiger charge is -2.29. The second-order valence-corrected chi connectivity index (χ2v) is 9.84. The predicted octanol–water partition coefficient (Wildman–Crippen LogP) is -1.34. The Labute approximate surface area is 192 Å². The number of aliphatic hydroxyl groups is 1. The van der Waals surface area contributed by atoms with Crippen LogP contribution in [0.5, 0.6) is 0 Å². The van der Waals surface area contributed by atoms with E-state index in [0.717, 1.165) is 12.2 Å². The first-order valence-corrected chi connectivity index (χ1v) is 12.0. The van der Waals surface area contributed by atoms with Crippen molar-refractivity contribution in [3.63, 3.8) is 0 Å². The van der Waals surface area contributed by atoms with Crippen molar-refractivity contribution in [3.8, 4) is 0 Å². The van der Waals surface area contributed by atoms with Crippen molar-refractivity contribution in [3.05, 3.63) is 0 Å². The number of nitrogens with one attached hydrogen (secondary N) is 5. The molecule has 182 valence electrons. The fourth-order valence-electron chi connectivity index (χ4n) is 4.09. The Balaban J connectivity index is 1.93. The van der Waals surface area contributed by atoms with Crippen molar-refractivity contribution < 1.29 is 29.4 Å². The van der Waals surface area contributed by atoms with Crippen molar-refractivity contribution in [1.29, 1.82) is 0 Å². The molecule has 0 aliphatic carbocycles. The van der Waals surface area contributed by atoms with Gasteiger partial charge in [0.05, 0.1) is 31.3 Å². The van der Waals surface area contributed by atoms with Crippen molar-refractivity contribution >= 4 is 35.5 Å². The first-order valence-electron chi connectivity index (χ1n) is 10.9. The van der Waals surface area contributed by atoms with E-state index in [2.05, 4.69) is 26.6 Å². The molecule has 0 aromatic heterocycles. The Kier molecular flexibility index (Phi) is 10.2. The van der Waals surface area contributed by atoms with Gasteiger partial charge in [-0.15, -0.1) is 0 Å². The number of hydrogen-bond acceptors (Lipinski definition) is 8. The number of carbonyl (C=O) groups is 4. The number of fused-ring (bicyclic) bond motifs is 1. The number of aliphatic carboxylic acids is 1. The Morgan fingerprint density at radius 1 is 1.22 bits per heavy atom. The minimum atomic E-state index is -1.12. The second kappa shape index (κ2) is 12.4. The summed E-state index contributed by atoms with van der Waals surface area (Å²) < 4.78 is 0. The predicted molar refractivity (Wildman–Crippen MR) is 120 cm³/mol. The zero-order chi connectivity index (χ0) is 23.8. The topological polar surface area (TPSA) is 169 Å². The molecule has 7 N–H and O–H groups in total. The molecule has 0 saturated carbocycles. The minimum absolute atomic E-state index is 0.00168. The number of carbonyl (C=O) groups excluding carboxylic acids is 3. The third-order valence-corrected chi connectivity index (χ3v) is 7.28. The number of carboxylic acids is 1. The number of likely N-dealkylation sites (N-methyl/N-ethyl adjacent to an activating group) is 1. The van der Waals surface area contributed by atoms with E-state index >= 15 is 0 Å². The number of carboxylic acid groups (broad SMARTS) is 1. The zero-order valence-corrected chi connectivity index (χ0v) is 19.5. The molecule has 0 aromatic carbocycles. The standard InChI is InChI=1S/C20H35N5O6S/c1-10(2)16(18(28)12(8-26)22-15(27)7-21-3)23-11(19(29)30)5-4-6-14-17-13(9-32-14)24-20(31)25-17/h10-14,16-17,21,23,26H,4-9H2,1-3H3,(H,22,27)(H,29,30)(H2,24,25,31)/t11?,12-,13-,14-,16?,17-/m0/s1. The molecule has 11 nitrogen and oxygen atoms in total. The fourth-order valence-corrected chi connectivity index (χ4v) is 5.64. The lowest BCUT2D eigenvalue weighted by molar-refractivity contribution is -0.140. The van der Waals surface area contributed by atoms with Gasteiger partial charge in [0.15, 0.2) is 5.78 Å². The molecule has 12 heteroatoms. The van der Waals surface area contributed by atoms with Gasteiger partial charge in [0.25, 0.3) is 0 Å². The molecule has 2 saturated heterocycles. The Morgan fingerprint density at radius 2 is 1.94 bits per heavy atom. The van der Waals surface area contributed by atoms with E-state index in [1.165, 1.54) is 0 Å². The van der Waals surface area contributed by atoms with Crippen LogP contribution >= 0.6 is 11.8 Å². The third-order valence-electron chi connectivity index (χ3n) is 5.77. The lowest BCUT2D eigenvalue weighted by atomic mass is 9.93. The quantitative estimate of drug-likeness (QED) is 0.151. The summed E-state index contributed by atoms with van der Waals surface area (Å²) in [6.07, 6.45) is 1.68.